The van der Waals surface area contributed by atoms with E-state index in [0.29, 0.717) is 12.5 Å². The lowest BCUT2D eigenvalue weighted by Gasteiger charge is -2.22. The predicted octanol–water partition coefficient (Wildman–Crippen LogP) is 3.75. The molecule has 6 heteroatoms. The van der Waals surface area contributed by atoms with Crippen LogP contribution in [-0.2, 0) is 4.74 Å². The van der Waals surface area contributed by atoms with Crippen molar-refractivity contribution in [3.05, 3.63) is 41.9 Å². The van der Waals surface area contributed by atoms with Gasteiger partial charge in [-0.05, 0) is 60.8 Å². The number of rotatable bonds is 5. The molecule has 1 N–H and O–H groups in total. The first-order chi connectivity index (χ1) is 13.8. The molecule has 6 rings (SSSR count). The van der Waals surface area contributed by atoms with E-state index >= 15 is 0 Å². The van der Waals surface area contributed by atoms with Gasteiger partial charge in [-0.2, -0.15) is 0 Å². The van der Waals surface area contributed by atoms with Crippen LogP contribution < -0.4 is 10.2 Å². The van der Waals surface area contributed by atoms with Crippen LogP contribution in [0.25, 0.3) is 5.57 Å². The van der Waals surface area contributed by atoms with Crippen molar-refractivity contribution >= 4 is 23.0 Å². The Bertz CT molecular complexity index is 911. The Labute approximate surface area is 165 Å². The Morgan fingerprint density at radius 2 is 1.93 bits per heavy atom. The molecular weight excluding hydrogens is 350 g/mol. The number of pyridine rings is 1. The van der Waals surface area contributed by atoms with Crippen LogP contribution in [0.2, 0.25) is 0 Å². The molecule has 2 unspecified atom stereocenters. The molecule has 2 saturated carbocycles. The van der Waals surface area contributed by atoms with Gasteiger partial charge in [0.1, 0.15) is 17.5 Å². The van der Waals surface area contributed by atoms with Crippen LogP contribution in [0, 0.1) is 11.8 Å². The highest BCUT2D eigenvalue weighted by Crippen LogP contribution is 2.46. The van der Waals surface area contributed by atoms with Crippen molar-refractivity contribution in [3.8, 4) is 0 Å². The van der Waals surface area contributed by atoms with Gasteiger partial charge < -0.3 is 15.0 Å². The van der Waals surface area contributed by atoms with E-state index in [1.165, 1.54) is 30.4 Å². The third kappa shape index (κ3) is 3.26. The van der Waals surface area contributed by atoms with Gasteiger partial charge in [0.05, 0.1) is 31.3 Å². The maximum Gasteiger partial charge on any atom is 0.150 e. The van der Waals surface area contributed by atoms with Crippen LogP contribution in [-0.4, -0.2) is 41.3 Å². The molecule has 3 fully saturated rings. The fourth-order valence-electron chi connectivity index (χ4n) is 4.43. The number of piperidine rings is 1. The fourth-order valence-corrected chi connectivity index (χ4v) is 4.43. The van der Waals surface area contributed by atoms with Crippen LogP contribution in [0.1, 0.15) is 42.9 Å². The summed E-state index contributed by atoms with van der Waals surface area (Å²) in [6.07, 6.45) is 10.8. The van der Waals surface area contributed by atoms with Gasteiger partial charge in [-0.15, -0.1) is 0 Å². The Balaban J connectivity index is 1.30. The van der Waals surface area contributed by atoms with Crippen molar-refractivity contribution in [1.82, 2.24) is 15.0 Å². The monoisotopic (exact) mass is 375 g/mol. The maximum absolute atomic E-state index is 5.50. The number of nitrogens with one attached hydrogen (secondary N) is 1. The molecule has 6 nitrogen and oxygen atoms in total. The second kappa shape index (κ2) is 6.55. The Morgan fingerprint density at radius 3 is 2.64 bits per heavy atom. The van der Waals surface area contributed by atoms with E-state index in [2.05, 4.69) is 38.4 Å². The van der Waals surface area contributed by atoms with Crippen molar-refractivity contribution in [2.24, 2.45) is 11.8 Å². The predicted molar refractivity (Wildman–Crippen MR) is 109 cm³/mol. The molecule has 0 aromatic carbocycles. The number of ether oxygens (including phenoxy) is 1. The molecule has 0 amide bonds. The molecule has 2 aromatic rings. The van der Waals surface area contributed by atoms with Crippen molar-refractivity contribution in [2.45, 2.75) is 31.6 Å². The quantitative estimate of drug-likeness (QED) is 0.859. The highest BCUT2D eigenvalue weighted by Gasteiger charge is 2.45. The summed E-state index contributed by atoms with van der Waals surface area (Å²) < 4.78 is 5.50. The standard InChI is InChI=1S/C22H25N5O/c1-2-15(1)19-10-24-21(11-23-19)25-20-8-16(14-3-5-28-6-4-14)9-22(26-20)27-12-17-7-18(17)13-27/h3,8-11,15,17-18H,1-2,4-7,12-13H2,(H,24,25,26). The fraction of sp³-hybridized carbons (Fsp3) is 0.500. The third-order valence-corrected chi connectivity index (χ3v) is 6.37. The van der Waals surface area contributed by atoms with E-state index in [1.54, 1.807) is 0 Å². The van der Waals surface area contributed by atoms with E-state index in [1.807, 2.05) is 12.4 Å². The molecule has 144 valence electrons. The van der Waals surface area contributed by atoms with Gasteiger partial charge in [0.2, 0.25) is 0 Å². The second-order valence-electron chi connectivity index (χ2n) is 8.54. The highest BCUT2D eigenvalue weighted by molar-refractivity contribution is 5.72. The van der Waals surface area contributed by atoms with E-state index in [4.69, 9.17) is 9.72 Å². The molecule has 2 aliphatic heterocycles. The minimum Gasteiger partial charge on any atom is -0.377 e. The molecule has 2 atom stereocenters. The normalized spacial score (nSPS) is 26.0. The lowest BCUT2D eigenvalue weighted by atomic mass is 10.0. The first-order valence-electron chi connectivity index (χ1n) is 10.4. The van der Waals surface area contributed by atoms with Gasteiger partial charge in [0.25, 0.3) is 0 Å². The summed E-state index contributed by atoms with van der Waals surface area (Å²) in [5.74, 6) is 5.05. The van der Waals surface area contributed by atoms with Gasteiger partial charge in [0.15, 0.2) is 0 Å². The van der Waals surface area contributed by atoms with Crippen LogP contribution in [0.3, 0.4) is 0 Å². The van der Waals surface area contributed by atoms with Crippen LogP contribution in [0.15, 0.2) is 30.6 Å². The molecular formula is C22H25N5O. The summed E-state index contributed by atoms with van der Waals surface area (Å²) in [4.78, 5) is 16.5. The number of anilines is 3. The van der Waals surface area contributed by atoms with E-state index in [-0.39, 0.29) is 0 Å². The lowest BCUT2D eigenvalue weighted by Crippen LogP contribution is -2.23. The van der Waals surface area contributed by atoms with Gasteiger partial charge in [0, 0.05) is 19.0 Å². The maximum atomic E-state index is 5.50. The van der Waals surface area contributed by atoms with Crippen LogP contribution >= 0.6 is 0 Å². The molecule has 1 saturated heterocycles. The van der Waals surface area contributed by atoms with Crippen molar-refractivity contribution in [1.29, 1.82) is 0 Å². The summed E-state index contributed by atoms with van der Waals surface area (Å²) in [6, 6.07) is 4.38. The summed E-state index contributed by atoms with van der Waals surface area (Å²) >= 11 is 0. The Hall–Kier alpha value is -2.47. The zero-order valence-electron chi connectivity index (χ0n) is 16.0. The average Bonchev–Trinajstić information content (AvgIpc) is 3.68. The summed E-state index contributed by atoms with van der Waals surface area (Å²) in [7, 11) is 0. The summed E-state index contributed by atoms with van der Waals surface area (Å²) in [6.45, 7) is 3.75. The molecule has 0 radical (unpaired) electrons. The first-order valence-corrected chi connectivity index (χ1v) is 10.4. The highest BCUT2D eigenvalue weighted by atomic mass is 16.5. The molecule has 0 bridgehead atoms. The summed E-state index contributed by atoms with van der Waals surface area (Å²) in [5, 5.41) is 3.39. The number of aromatic nitrogens is 3. The van der Waals surface area contributed by atoms with E-state index in [9.17, 15) is 0 Å². The number of nitrogens with zero attached hydrogens (tertiary/aromatic N) is 4. The largest absolute Gasteiger partial charge is 0.377 e. The van der Waals surface area contributed by atoms with Crippen molar-refractivity contribution in [2.75, 3.05) is 36.5 Å². The Kier molecular flexibility index (Phi) is 3.86. The molecule has 2 aromatic heterocycles. The third-order valence-electron chi connectivity index (χ3n) is 6.37. The first kappa shape index (κ1) is 16.5. The van der Waals surface area contributed by atoms with Crippen molar-refractivity contribution in [3.63, 3.8) is 0 Å². The lowest BCUT2D eigenvalue weighted by molar-refractivity contribution is 0.161. The zero-order valence-corrected chi connectivity index (χ0v) is 16.0. The Morgan fingerprint density at radius 1 is 1.04 bits per heavy atom. The number of hydrogen-bond donors (Lipinski definition) is 1. The molecule has 4 aliphatic rings. The van der Waals surface area contributed by atoms with Gasteiger partial charge in [-0.25, -0.2) is 9.97 Å². The number of hydrogen-bond acceptors (Lipinski definition) is 6. The minimum absolute atomic E-state index is 0.622. The second-order valence-corrected chi connectivity index (χ2v) is 8.54. The van der Waals surface area contributed by atoms with Gasteiger partial charge in [-0.3, -0.25) is 4.98 Å². The molecule has 28 heavy (non-hydrogen) atoms. The molecule has 4 heterocycles. The number of fused-ring (bicyclic) bond motifs is 1. The topological polar surface area (TPSA) is 63.2 Å². The van der Waals surface area contributed by atoms with Gasteiger partial charge in [-0.1, -0.05) is 6.08 Å². The smallest absolute Gasteiger partial charge is 0.150 e. The van der Waals surface area contributed by atoms with Crippen LogP contribution in [0.4, 0.5) is 17.5 Å². The molecule has 2 aliphatic carbocycles. The SMILES string of the molecule is C1=C(c2cc(Nc3cnc(C4CC4)cn3)nc(N3CC4CC4C3)c2)CCOC1. The molecule has 0 spiro atoms. The average molecular weight is 375 g/mol. The van der Waals surface area contributed by atoms with Gasteiger partial charge >= 0.3 is 0 Å². The zero-order chi connectivity index (χ0) is 18.5. The van der Waals surface area contributed by atoms with E-state index in [0.717, 1.165) is 61.1 Å². The minimum atomic E-state index is 0.622. The van der Waals surface area contributed by atoms with E-state index < -0.39 is 0 Å². The summed E-state index contributed by atoms with van der Waals surface area (Å²) in [5.41, 5.74) is 3.69. The van der Waals surface area contributed by atoms with Crippen LogP contribution in [0.5, 0.6) is 0 Å². The van der Waals surface area contributed by atoms with Crippen molar-refractivity contribution < 1.29 is 4.74 Å².